The Morgan fingerprint density at radius 1 is 0.818 bits per heavy atom. The molecule has 2 aliphatic rings. The van der Waals surface area contributed by atoms with Gasteiger partial charge in [0.15, 0.2) is 0 Å². The molecule has 1 heteroatoms. The molecule has 2 aromatic rings. The van der Waals surface area contributed by atoms with E-state index in [-0.39, 0.29) is 17.2 Å². The van der Waals surface area contributed by atoms with Crippen molar-refractivity contribution < 1.29 is 4.39 Å². The van der Waals surface area contributed by atoms with E-state index < -0.39 is 0 Å². The summed E-state index contributed by atoms with van der Waals surface area (Å²) in [7, 11) is 0. The molecule has 0 aliphatic heterocycles. The topological polar surface area (TPSA) is 0 Å². The fourth-order valence-electron chi connectivity index (χ4n) is 6.28. The molecule has 0 saturated heterocycles. The Kier molecular flexibility index (Phi) is 8.23. The fraction of sp³-hybridized carbons (Fsp3) is 0.500. The van der Waals surface area contributed by atoms with Crippen molar-refractivity contribution in [3.8, 4) is 0 Å². The summed E-state index contributed by atoms with van der Waals surface area (Å²) >= 11 is 0. The van der Waals surface area contributed by atoms with E-state index >= 15 is 4.39 Å². The maximum absolute atomic E-state index is 15.7. The van der Waals surface area contributed by atoms with E-state index in [0.29, 0.717) is 0 Å². The van der Waals surface area contributed by atoms with Crippen LogP contribution in [0, 0.1) is 11.8 Å². The molecule has 0 heterocycles. The summed E-state index contributed by atoms with van der Waals surface area (Å²) in [5, 5.41) is 0. The third-order valence-corrected chi connectivity index (χ3v) is 8.13. The summed E-state index contributed by atoms with van der Waals surface area (Å²) in [6.07, 6.45) is 18.8. The normalized spacial score (nSPS) is 27.4. The van der Waals surface area contributed by atoms with Gasteiger partial charge in [0.05, 0.1) is 5.92 Å². The monoisotopic (exact) mass is 444 g/mol. The lowest BCUT2D eigenvalue weighted by Crippen LogP contribution is -2.25. The van der Waals surface area contributed by atoms with Crippen LogP contribution in [-0.4, -0.2) is 0 Å². The van der Waals surface area contributed by atoms with Crippen molar-refractivity contribution >= 4 is 0 Å². The SMILES string of the molecule is CCCC1CCC(CCc2ccccc2C2C=CC(CCC)(c3ccccc3)C=C2F)CC1. The zero-order chi connectivity index (χ0) is 23.1. The van der Waals surface area contributed by atoms with E-state index in [1.54, 1.807) is 0 Å². The second-order valence-corrected chi connectivity index (χ2v) is 10.4. The van der Waals surface area contributed by atoms with Crippen LogP contribution < -0.4 is 0 Å². The molecule has 4 rings (SSSR count). The van der Waals surface area contributed by atoms with Crippen LogP contribution in [0.5, 0.6) is 0 Å². The molecule has 2 atom stereocenters. The smallest absolute Gasteiger partial charge is 0.108 e. The largest absolute Gasteiger partial charge is 0.211 e. The predicted octanol–water partition coefficient (Wildman–Crippen LogP) is 9.47. The van der Waals surface area contributed by atoms with Gasteiger partial charge in [0.25, 0.3) is 0 Å². The van der Waals surface area contributed by atoms with Gasteiger partial charge in [-0.15, -0.1) is 0 Å². The molecule has 0 N–H and O–H groups in total. The Balaban J connectivity index is 1.48. The first-order chi connectivity index (χ1) is 16.1. The Morgan fingerprint density at radius 3 is 2.15 bits per heavy atom. The molecule has 33 heavy (non-hydrogen) atoms. The number of benzene rings is 2. The Labute approximate surface area is 201 Å². The summed E-state index contributed by atoms with van der Waals surface area (Å²) < 4.78 is 15.7. The Hall–Kier alpha value is -2.15. The molecule has 1 saturated carbocycles. The Bertz CT molecular complexity index is 932. The average molecular weight is 445 g/mol. The number of hydrogen-bond acceptors (Lipinski definition) is 0. The molecule has 0 bridgehead atoms. The van der Waals surface area contributed by atoms with Gasteiger partial charge in [-0.05, 0) is 53.9 Å². The standard InChI is InChI=1S/C32H41F/c1-3-10-25-15-17-26(18-16-25)19-20-27-11-8-9-14-29(27)30-21-23-32(22-4-2,24-31(30)33)28-12-6-5-7-13-28/h5-9,11-14,21,23-26,30H,3-4,10,15-20,22H2,1-2H3. The van der Waals surface area contributed by atoms with Crippen LogP contribution in [0.15, 0.2) is 78.7 Å². The summed E-state index contributed by atoms with van der Waals surface area (Å²) in [6, 6.07) is 19.0. The van der Waals surface area contributed by atoms with Crippen LogP contribution in [0.2, 0.25) is 0 Å². The average Bonchev–Trinajstić information content (AvgIpc) is 2.85. The molecule has 0 nitrogen and oxygen atoms in total. The molecular weight excluding hydrogens is 403 g/mol. The molecule has 1 fully saturated rings. The van der Waals surface area contributed by atoms with Crippen molar-refractivity contribution in [1.29, 1.82) is 0 Å². The maximum atomic E-state index is 15.7. The van der Waals surface area contributed by atoms with Gasteiger partial charge in [-0.2, -0.15) is 0 Å². The predicted molar refractivity (Wildman–Crippen MR) is 139 cm³/mol. The van der Waals surface area contributed by atoms with Gasteiger partial charge in [-0.1, -0.05) is 126 Å². The minimum Gasteiger partial charge on any atom is -0.211 e. The van der Waals surface area contributed by atoms with Gasteiger partial charge < -0.3 is 0 Å². The zero-order valence-corrected chi connectivity index (χ0v) is 20.6. The molecular formula is C32H41F. The van der Waals surface area contributed by atoms with E-state index in [1.807, 2.05) is 12.1 Å². The highest BCUT2D eigenvalue weighted by Crippen LogP contribution is 2.43. The molecule has 2 aromatic carbocycles. The number of hydrogen-bond donors (Lipinski definition) is 0. The first kappa shape index (κ1) is 24.0. The van der Waals surface area contributed by atoms with Crippen LogP contribution >= 0.6 is 0 Å². The lowest BCUT2D eigenvalue weighted by molar-refractivity contribution is 0.252. The maximum Gasteiger partial charge on any atom is 0.108 e. The van der Waals surface area contributed by atoms with E-state index in [2.05, 4.69) is 74.5 Å². The lowest BCUT2D eigenvalue weighted by Gasteiger charge is -2.33. The van der Waals surface area contributed by atoms with E-state index in [1.165, 1.54) is 56.1 Å². The van der Waals surface area contributed by atoms with Crippen LogP contribution in [0.25, 0.3) is 0 Å². The third kappa shape index (κ3) is 5.68. The van der Waals surface area contributed by atoms with Crippen molar-refractivity contribution in [2.45, 2.75) is 89.4 Å². The van der Waals surface area contributed by atoms with Crippen LogP contribution in [0.1, 0.15) is 94.2 Å². The number of rotatable bonds is 9. The lowest BCUT2D eigenvalue weighted by atomic mass is 9.71. The van der Waals surface area contributed by atoms with E-state index in [0.717, 1.165) is 36.7 Å². The number of allylic oxidation sites excluding steroid dienone is 4. The van der Waals surface area contributed by atoms with Crippen molar-refractivity contribution in [1.82, 2.24) is 0 Å². The third-order valence-electron chi connectivity index (χ3n) is 8.13. The van der Waals surface area contributed by atoms with Crippen LogP contribution in [0.4, 0.5) is 4.39 Å². The number of aryl methyl sites for hydroxylation is 1. The first-order valence-corrected chi connectivity index (χ1v) is 13.4. The van der Waals surface area contributed by atoms with Gasteiger partial charge in [-0.25, -0.2) is 4.39 Å². The minimum absolute atomic E-state index is 0.00215. The summed E-state index contributed by atoms with van der Waals surface area (Å²) in [6.45, 7) is 4.49. The highest BCUT2D eigenvalue weighted by Gasteiger charge is 2.33. The van der Waals surface area contributed by atoms with Crippen LogP contribution in [-0.2, 0) is 11.8 Å². The summed E-state index contributed by atoms with van der Waals surface area (Å²) in [5.41, 5.74) is 3.33. The highest BCUT2D eigenvalue weighted by atomic mass is 19.1. The molecule has 0 spiro atoms. The molecule has 0 aromatic heterocycles. The molecule has 2 aliphatic carbocycles. The first-order valence-electron chi connectivity index (χ1n) is 13.4. The van der Waals surface area contributed by atoms with Crippen molar-refractivity contribution in [2.75, 3.05) is 0 Å². The zero-order valence-electron chi connectivity index (χ0n) is 20.6. The van der Waals surface area contributed by atoms with Gasteiger partial charge >= 0.3 is 0 Å². The second kappa shape index (κ2) is 11.3. The molecule has 0 amide bonds. The van der Waals surface area contributed by atoms with E-state index in [9.17, 15) is 0 Å². The second-order valence-electron chi connectivity index (χ2n) is 10.4. The molecule has 0 radical (unpaired) electrons. The van der Waals surface area contributed by atoms with Crippen molar-refractivity contribution in [2.24, 2.45) is 11.8 Å². The van der Waals surface area contributed by atoms with Gasteiger partial charge in [-0.3, -0.25) is 0 Å². The van der Waals surface area contributed by atoms with Gasteiger partial charge in [0.2, 0.25) is 0 Å². The fourth-order valence-corrected chi connectivity index (χ4v) is 6.28. The van der Waals surface area contributed by atoms with Gasteiger partial charge in [0, 0.05) is 5.41 Å². The quantitative estimate of drug-likeness (QED) is 0.338. The molecule has 176 valence electrons. The number of halogens is 1. The minimum atomic E-state index is -0.331. The Morgan fingerprint density at radius 2 is 1.48 bits per heavy atom. The summed E-state index contributed by atoms with van der Waals surface area (Å²) in [4.78, 5) is 0. The van der Waals surface area contributed by atoms with Crippen molar-refractivity contribution in [3.63, 3.8) is 0 Å². The van der Waals surface area contributed by atoms with Crippen molar-refractivity contribution in [3.05, 3.63) is 95.3 Å². The van der Waals surface area contributed by atoms with E-state index in [4.69, 9.17) is 0 Å². The van der Waals surface area contributed by atoms with Crippen LogP contribution in [0.3, 0.4) is 0 Å². The molecule has 2 unspecified atom stereocenters. The summed E-state index contributed by atoms with van der Waals surface area (Å²) in [5.74, 6) is 1.54. The van der Waals surface area contributed by atoms with Gasteiger partial charge in [0.1, 0.15) is 5.83 Å². The highest BCUT2D eigenvalue weighted by molar-refractivity contribution is 5.47.